The van der Waals surface area contributed by atoms with Gasteiger partial charge in [-0.3, -0.25) is 4.79 Å². The van der Waals surface area contributed by atoms with E-state index in [9.17, 15) is 9.59 Å². The number of amides is 1. The van der Waals surface area contributed by atoms with Gasteiger partial charge in [-0.15, -0.1) is 0 Å². The summed E-state index contributed by atoms with van der Waals surface area (Å²) in [4.78, 5) is 33.2. The van der Waals surface area contributed by atoms with Crippen molar-refractivity contribution in [1.29, 1.82) is 0 Å². The van der Waals surface area contributed by atoms with Gasteiger partial charge in [0, 0.05) is 12.6 Å². The molecule has 0 atom stereocenters. The lowest BCUT2D eigenvalue weighted by atomic mass is 10.1. The molecular weight excluding hydrogens is 344 g/mol. The molecule has 0 unspecified atom stereocenters. The van der Waals surface area contributed by atoms with E-state index in [1.807, 2.05) is 0 Å². The summed E-state index contributed by atoms with van der Waals surface area (Å²) in [6, 6.07) is 8.34. The quantitative estimate of drug-likeness (QED) is 0.515. The van der Waals surface area contributed by atoms with Gasteiger partial charge in [0.1, 0.15) is 17.3 Å². The number of benzene rings is 1. The van der Waals surface area contributed by atoms with Crippen molar-refractivity contribution in [3.63, 3.8) is 0 Å². The Bertz CT molecular complexity index is 793. The summed E-state index contributed by atoms with van der Waals surface area (Å²) in [6.45, 7) is 6.67. The molecule has 0 aliphatic rings. The molecule has 0 saturated heterocycles. The highest BCUT2D eigenvalue weighted by molar-refractivity contribution is 6.07. The van der Waals surface area contributed by atoms with Gasteiger partial charge >= 0.3 is 5.97 Å². The molecule has 7 heteroatoms. The van der Waals surface area contributed by atoms with Crippen molar-refractivity contribution in [2.45, 2.75) is 40.0 Å². The maximum absolute atomic E-state index is 12.6. The van der Waals surface area contributed by atoms with Gasteiger partial charge in [0.25, 0.3) is 5.91 Å². The Morgan fingerprint density at radius 2 is 1.89 bits per heavy atom. The van der Waals surface area contributed by atoms with Gasteiger partial charge in [0.05, 0.1) is 17.9 Å². The van der Waals surface area contributed by atoms with Crippen LogP contribution < -0.4 is 10.6 Å². The van der Waals surface area contributed by atoms with E-state index in [1.165, 1.54) is 0 Å². The summed E-state index contributed by atoms with van der Waals surface area (Å²) in [5, 5.41) is 5.96. The minimum absolute atomic E-state index is 0.235. The van der Waals surface area contributed by atoms with E-state index in [0.29, 0.717) is 22.9 Å². The first-order valence-corrected chi connectivity index (χ1v) is 9.22. The Labute approximate surface area is 159 Å². The number of carbonyl (C=O) groups is 2. The smallest absolute Gasteiger partial charge is 0.340 e. The fourth-order valence-electron chi connectivity index (χ4n) is 2.53. The van der Waals surface area contributed by atoms with E-state index in [1.54, 1.807) is 44.2 Å². The Balaban J connectivity index is 2.14. The summed E-state index contributed by atoms with van der Waals surface area (Å²) in [7, 11) is 0. The van der Waals surface area contributed by atoms with Gasteiger partial charge in [-0.05, 0) is 32.4 Å². The van der Waals surface area contributed by atoms with E-state index in [2.05, 4.69) is 27.5 Å². The van der Waals surface area contributed by atoms with Crippen molar-refractivity contribution in [3.05, 3.63) is 47.4 Å². The average Bonchev–Trinajstić information content (AvgIpc) is 2.65. The number of para-hydroxylation sites is 1. The molecule has 27 heavy (non-hydrogen) atoms. The van der Waals surface area contributed by atoms with Crippen LogP contribution in [0, 0.1) is 6.92 Å². The van der Waals surface area contributed by atoms with Gasteiger partial charge < -0.3 is 15.4 Å². The van der Waals surface area contributed by atoms with Crippen molar-refractivity contribution in [3.8, 4) is 0 Å². The number of ether oxygens (including phenoxy) is 1. The second-order valence-corrected chi connectivity index (χ2v) is 6.04. The average molecular weight is 370 g/mol. The number of anilines is 2. The number of aromatic nitrogens is 2. The number of carbonyl (C=O) groups excluding carboxylic acids is 2. The van der Waals surface area contributed by atoms with Crippen LogP contribution in [0.2, 0.25) is 0 Å². The fourth-order valence-corrected chi connectivity index (χ4v) is 2.53. The van der Waals surface area contributed by atoms with Crippen molar-refractivity contribution in [2.75, 3.05) is 23.8 Å². The molecule has 2 aromatic rings. The van der Waals surface area contributed by atoms with Crippen molar-refractivity contribution in [1.82, 2.24) is 9.97 Å². The van der Waals surface area contributed by atoms with Crippen LogP contribution in [0.15, 0.2) is 30.3 Å². The van der Waals surface area contributed by atoms with Crippen molar-refractivity contribution >= 4 is 23.4 Å². The number of hydrogen-bond donors (Lipinski definition) is 2. The SMILES string of the molecule is CCCCCNc1cc(C(=O)Nc2ccccc2C(=O)OCC)nc(C)n1. The molecule has 7 nitrogen and oxygen atoms in total. The van der Waals surface area contributed by atoms with Gasteiger partial charge in [-0.2, -0.15) is 0 Å². The number of rotatable bonds is 9. The second-order valence-electron chi connectivity index (χ2n) is 6.04. The molecule has 1 heterocycles. The predicted octanol–water partition coefficient (Wildman–Crippen LogP) is 3.82. The summed E-state index contributed by atoms with van der Waals surface area (Å²) in [5.74, 6) is 0.223. The molecule has 0 spiro atoms. The van der Waals surface area contributed by atoms with Crippen LogP contribution in [0.5, 0.6) is 0 Å². The summed E-state index contributed by atoms with van der Waals surface area (Å²) in [6.07, 6.45) is 3.31. The van der Waals surface area contributed by atoms with E-state index in [4.69, 9.17) is 4.74 Å². The van der Waals surface area contributed by atoms with Crippen LogP contribution in [0.25, 0.3) is 0 Å². The Kier molecular flexibility index (Phi) is 7.73. The van der Waals surface area contributed by atoms with E-state index < -0.39 is 11.9 Å². The molecule has 2 N–H and O–H groups in total. The Morgan fingerprint density at radius 3 is 2.63 bits per heavy atom. The third kappa shape index (κ3) is 6.06. The monoisotopic (exact) mass is 370 g/mol. The standard InChI is InChI=1S/C20H26N4O3/c1-4-6-9-12-21-18-13-17(22-14(3)23-18)19(25)24-16-11-8-7-10-15(16)20(26)27-5-2/h7-8,10-11,13H,4-6,9,12H2,1-3H3,(H,24,25)(H,21,22,23). The number of nitrogens with one attached hydrogen (secondary N) is 2. The molecule has 0 aliphatic heterocycles. The molecule has 1 amide bonds. The molecule has 0 fully saturated rings. The highest BCUT2D eigenvalue weighted by Gasteiger charge is 2.16. The van der Waals surface area contributed by atoms with Crippen LogP contribution in [0.4, 0.5) is 11.5 Å². The van der Waals surface area contributed by atoms with Crippen LogP contribution in [-0.2, 0) is 4.74 Å². The molecule has 0 saturated carbocycles. The second kappa shape index (κ2) is 10.3. The fraction of sp³-hybridized carbons (Fsp3) is 0.400. The van der Waals surface area contributed by atoms with Crippen molar-refractivity contribution in [2.24, 2.45) is 0 Å². The number of hydrogen-bond acceptors (Lipinski definition) is 6. The van der Waals surface area contributed by atoms with Gasteiger partial charge in [0.2, 0.25) is 0 Å². The number of unbranched alkanes of at least 4 members (excludes halogenated alkanes) is 2. The molecule has 144 valence electrons. The van der Waals surface area contributed by atoms with Crippen LogP contribution in [-0.4, -0.2) is 35.0 Å². The molecule has 0 aliphatic carbocycles. The van der Waals surface area contributed by atoms with Crippen LogP contribution >= 0.6 is 0 Å². The van der Waals surface area contributed by atoms with Gasteiger partial charge in [-0.25, -0.2) is 14.8 Å². The normalized spacial score (nSPS) is 10.3. The lowest BCUT2D eigenvalue weighted by molar-refractivity contribution is 0.0527. The van der Waals surface area contributed by atoms with E-state index in [-0.39, 0.29) is 12.3 Å². The molecule has 1 aromatic carbocycles. The van der Waals surface area contributed by atoms with Crippen LogP contribution in [0.3, 0.4) is 0 Å². The number of aryl methyl sites for hydroxylation is 1. The lowest BCUT2D eigenvalue weighted by Crippen LogP contribution is -2.18. The summed E-state index contributed by atoms with van der Waals surface area (Å²) < 4.78 is 5.03. The highest BCUT2D eigenvalue weighted by atomic mass is 16.5. The zero-order valence-electron chi connectivity index (χ0n) is 16.0. The minimum atomic E-state index is -0.481. The zero-order valence-corrected chi connectivity index (χ0v) is 16.0. The maximum atomic E-state index is 12.6. The minimum Gasteiger partial charge on any atom is -0.462 e. The predicted molar refractivity (Wildman–Crippen MR) is 105 cm³/mol. The third-order valence-electron chi connectivity index (χ3n) is 3.83. The van der Waals surface area contributed by atoms with E-state index >= 15 is 0 Å². The lowest BCUT2D eigenvalue weighted by Gasteiger charge is -2.11. The summed E-state index contributed by atoms with van der Waals surface area (Å²) >= 11 is 0. The Morgan fingerprint density at radius 1 is 1.11 bits per heavy atom. The van der Waals surface area contributed by atoms with Gasteiger partial charge in [-0.1, -0.05) is 31.9 Å². The number of esters is 1. The molecule has 2 rings (SSSR count). The zero-order chi connectivity index (χ0) is 19.6. The van der Waals surface area contributed by atoms with Crippen LogP contribution in [0.1, 0.15) is 59.8 Å². The van der Waals surface area contributed by atoms with E-state index in [0.717, 1.165) is 25.8 Å². The summed E-state index contributed by atoms with van der Waals surface area (Å²) in [5.41, 5.74) is 0.921. The molecule has 0 radical (unpaired) electrons. The first-order chi connectivity index (χ1) is 13.0. The Hall–Kier alpha value is -2.96. The molecule has 0 bridgehead atoms. The van der Waals surface area contributed by atoms with Crippen molar-refractivity contribution < 1.29 is 14.3 Å². The maximum Gasteiger partial charge on any atom is 0.340 e. The first kappa shape index (κ1) is 20.4. The number of nitrogens with zero attached hydrogens (tertiary/aromatic N) is 2. The third-order valence-corrected chi connectivity index (χ3v) is 3.83. The first-order valence-electron chi connectivity index (χ1n) is 9.22. The molecular formula is C20H26N4O3. The van der Waals surface area contributed by atoms with Gasteiger partial charge in [0.15, 0.2) is 0 Å². The largest absolute Gasteiger partial charge is 0.462 e. The topological polar surface area (TPSA) is 93.2 Å². The molecule has 1 aromatic heterocycles. The highest BCUT2D eigenvalue weighted by Crippen LogP contribution is 2.18.